The van der Waals surface area contributed by atoms with Gasteiger partial charge in [0.1, 0.15) is 13.2 Å². The number of ether oxygens (including phenoxy) is 3. The van der Waals surface area contributed by atoms with Gasteiger partial charge in [0.25, 0.3) is 0 Å². The minimum Gasteiger partial charge on any atom is -0.462 e. The Balaban J connectivity index is 4.21. The molecule has 0 aromatic carbocycles. The molecule has 0 spiro atoms. The van der Waals surface area contributed by atoms with E-state index in [1.807, 2.05) is 0 Å². The molecule has 0 aliphatic rings. The second kappa shape index (κ2) is 49.8. The van der Waals surface area contributed by atoms with E-state index >= 15 is 0 Å². The summed E-state index contributed by atoms with van der Waals surface area (Å²) < 4.78 is 16.8. The standard InChI is InChI=1S/C57H110O6/c1-6-7-8-9-10-11-12-22-28-34-39-44-49-57(60)63-54(51-62-56(59)48-43-38-33-29-24-26-31-36-41-46-53(4)5)50-61-55(58)47-42-37-32-27-23-20-18-16-14-13-15-17-19-21-25-30-35-40-45-52(2)3/h52-54H,6-51H2,1-5H3/t54-/m1/s1. The molecule has 0 unspecified atom stereocenters. The largest absolute Gasteiger partial charge is 0.462 e. The first-order valence-corrected chi connectivity index (χ1v) is 28.2. The highest BCUT2D eigenvalue weighted by molar-refractivity contribution is 5.71. The minimum atomic E-state index is -0.762. The van der Waals surface area contributed by atoms with Gasteiger partial charge in [-0.25, -0.2) is 0 Å². The van der Waals surface area contributed by atoms with Crippen molar-refractivity contribution in [1.82, 2.24) is 0 Å². The van der Waals surface area contributed by atoms with E-state index in [1.54, 1.807) is 0 Å². The van der Waals surface area contributed by atoms with Gasteiger partial charge in [0.15, 0.2) is 6.10 Å². The number of hydrogen-bond donors (Lipinski definition) is 0. The summed E-state index contributed by atoms with van der Waals surface area (Å²) in [6.45, 7) is 11.4. The summed E-state index contributed by atoms with van der Waals surface area (Å²) >= 11 is 0. The molecule has 0 aromatic rings. The lowest BCUT2D eigenvalue weighted by Crippen LogP contribution is -2.30. The van der Waals surface area contributed by atoms with Crippen LogP contribution in [0.5, 0.6) is 0 Å². The third-order valence-corrected chi connectivity index (χ3v) is 13.0. The van der Waals surface area contributed by atoms with Crippen molar-refractivity contribution in [3.8, 4) is 0 Å². The second-order valence-corrected chi connectivity index (χ2v) is 20.5. The zero-order valence-electron chi connectivity index (χ0n) is 43.2. The van der Waals surface area contributed by atoms with Crippen LogP contribution in [0.4, 0.5) is 0 Å². The summed E-state index contributed by atoms with van der Waals surface area (Å²) in [7, 11) is 0. The highest BCUT2D eigenvalue weighted by Gasteiger charge is 2.19. The number of carbonyl (C=O) groups is 3. The van der Waals surface area contributed by atoms with Gasteiger partial charge >= 0.3 is 17.9 Å². The van der Waals surface area contributed by atoms with Crippen molar-refractivity contribution >= 4 is 17.9 Å². The van der Waals surface area contributed by atoms with Gasteiger partial charge in [0.05, 0.1) is 0 Å². The van der Waals surface area contributed by atoms with E-state index in [4.69, 9.17) is 14.2 Å². The molecule has 1 atom stereocenters. The molecule has 0 heterocycles. The monoisotopic (exact) mass is 891 g/mol. The maximum Gasteiger partial charge on any atom is 0.306 e. The molecule has 0 aliphatic heterocycles. The van der Waals surface area contributed by atoms with Gasteiger partial charge in [-0.2, -0.15) is 0 Å². The first-order valence-electron chi connectivity index (χ1n) is 28.2. The van der Waals surface area contributed by atoms with E-state index in [1.165, 1.54) is 205 Å². The molecule has 0 amide bonds. The molecular formula is C57H110O6. The lowest BCUT2D eigenvalue weighted by molar-refractivity contribution is -0.167. The predicted molar refractivity (Wildman–Crippen MR) is 270 cm³/mol. The fraction of sp³-hybridized carbons (Fsp3) is 0.947. The van der Waals surface area contributed by atoms with Crippen LogP contribution >= 0.6 is 0 Å². The van der Waals surface area contributed by atoms with Gasteiger partial charge in [-0.3, -0.25) is 14.4 Å². The fourth-order valence-electron chi connectivity index (χ4n) is 8.70. The van der Waals surface area contributed by atoms with Crippen molar-refractivity contribution in [1.29, 1.82) is 0 Å². The summed E-state index contributed by atoms with van der Waals surface area (Å²) in [6, 6.07) is 0. The number of esters is 3. The Bertz CT molecular complexity index is 962. The highest BCUT2D eigenvalue weighted by atomic mass is 16.6. The SMILES string of the molecule is CCCCCCCCCCCCCCC(=O)O[C@H](COC(=O)CCCCCCCCCCCCCCCCCCCCC(C)C)COC(=O)CCCCCCCCCCCC(C)C. The topological polar surface area (TPSA) is 78.9 Å². The van der Waals surface area contributed by atoms with Crippen LogP contribution in [-0.2, 0) is 28.6 Å². The molecule has 0 bridgehead atoms. The Hall–Kier alpha value is -1.59. The van der Waals surface area contributed by atoms with Crippen molar-refractivity contribution in [2.45, 2.75) is 323 Å². The van der Waals surface area contributed by atoms with Crippen molar-refractivity contribution in [2.24, 2.45) is 11.8 Å². The van der Waals surface area contributed by atoms with Crippen LogP contribution < -0.4 is 0 Å². The third-order valence-electron chi connectivity index (χ3n) is 13.0. The van der Waals surface area contributed by atoms with Gasteiger partial charge in [-0.1, -0.05) is 279 Å². The van der Waals surface area contributed by atoms with Gasteiger partial charge in [0.2, 0.25) is 0 Å². The van der Waals surface area contributed by atoms with Gasteiger partial charge in [-0.15, -0.1) is 0 Å². The lowest BCUT2D eigenvalue weighted by Gasteiger charge is -2.18. The van der Waals surface area contributed by atoms with E-state index < -0.39 is 6.10 Å². The summed E-state index contributed by atoms with van der Waals surface area (Å²) in [4.78, 5) is 38.0. The van der Waals surface area contributed by atoms with Crippen LogP contribution in [0.1, 0.15) is 317 Å². The smallest absolute Gasteiger partial charge is 0.306 e. The van der Waals surface area contributed by atoms with Gasteiger partial charge in [-0.05, 0) is 31.1 Å². The zero-order valence-corrected chi connectivity index (χ0v) is 43.2. The Labute approximate surface area is 393 Å². The first kappa shape index (κ1) is 61.4. The van der Waals surface area contributed by atoms with Crippen LogP contribution in [0.25, 0.3) is 0 Å². The van der Waals surface area contributed by atoms with E-state index in [0.29, 0.717) is 19.3 Å². The van der Waals surface area contributed by atoms with E-state index in [2.05, 4.69) is 34.6 Å². The average molecular weight is 892 g/mol. The Morgan fingerprint density at radius 2 is 0.524 bits per heavy atom. The maximum absolute atomic E-state index is 12.8. The average Bonchev–Trinajstić information content (AvgIpc) is 3.25. The van der Waals surface area contributed by atoms with Crippen molar-refractivity contribution < 1.29 is 28.6 Å². The minimum absolute atomic E-state index is 0.0630. The van der Waals surface area contributed by atoms with Crippen LogP contribution in [0.2, 0.25) is 0 Å². The molecular weight excluding hydrogens is 781 g/mol. The van der Waals surface area contributed by atoms with Crippen molar-refractivity contribution in [3.05, 3.63) is 0 Å². The molecule has 0 aromatic heterocycles. The molecule has 63 heavy (non-hydrogen) atoms. The van der Waals surface area contributed by atoms with Gasteiger partial charge < -0.3 is 14.2 Å². The van der Waals surface area contributed by atoms with E-state index in [0.717, 1.165) is 69.6 Å². The molecule has 0 radical (unpaired) electrons. The summed E-state index contributed by atoms with van der Waals surface area (Å²) in [5.74, 6) is 0.824. The summed E-state index contributed by atoms with van der Waals surface area (Å²) in [5, 5.41) is 0. The molecule has 0 aliphatic carbocycles. The molecule has 0 saturated carbocycles. The predicted octanol–water partition coefficient (Wildman–Crippen LogP) is 18.5. The molecule has 6 heteroatoms. The molecule has 6 nitrogen and oxygen atoms in total. The van der Waals surface area contributed by atoms with Gasteiger partial charge in [0, 0.05) is 19.3 Å². The molecule has 374 valence electrons. The van der Waals surface area contributed by atoms with Crippen LogP contribution in [0, 0.1) is 11.8 Å². The van der Waals surface area contributed by atoms with Crippen LogP contribution in [0.3, 0.4) is 0 Å². The Morgan fingerprint density at radius 3 is 0.778 bits per heavy atom. The summed E-state index contributed by atoms with van der Waals surface area (Å²) in [5.41, 5.74) is 0. The van der Waals surface area contributed by atoms with Crippen molar-refractivity contribution in [3.63, 3.8) is 0 Å². The highest BCUT2D eigenvalue weighted by Crippen LogP contribution is 2.18. The quantitative estimate of drug-likeness (QED) is 0.0344. The number of carbonyl (C=O) groups excluding carboxylic acids is 3. The molecule has 0 rings (SSSR count). The van der Waals surface area contributed by atoms with E-state index in [-0.39, 0.29) is 31.1 Å². The lowest BCUT2D eigenvalue weighted by atomic mass is 10.0. The normalized spacial score (nSPS) is 12.0. The fourth-order valence-corrected chi connectivity index (χ4v) is 8.70. The molecule has 0 saturated heterocycles. The third kappa shape index (κ3) is 51.3. The Kier molecular flexibility index (Phi) is 48.6. The zero-order chi connectivity index (χ0) is 46.1. The second-order valence-electron chi connectivity index (χ2n) is 20.5. The van der Waals surface area contributed by atoms with Crippen LogP contribution in [0.15, 0.2) is 0 Å². The first-order chi connectivity index (χ1) is 30.7. The number of rotatable bonds is 51. The number of hydrogen-bond acceptors (Lipinski definition) is 6. The van der Waals surface area contributed by atoms with Crippen LogP contribution in [-0.4, -0.2) is 37.2 Å². The van der Waals surface area contributed by atoms with Crippen molar-refractivity contribution in [2.75, 3.05) is 13.2 Å². The number of unbranched alkanes of at least 4 members (excludes halogenated alkanes) is 36. The summed E-state index contributed by atoms with van der Waals surface area (Å²) in [6.07, 6.45) is 52.4. The molecule has 0 fully saturated rings. The molecule has 0 N–H and O–H groups in total. The van der Waals surface area contributed by atoms with E-state index in [9.17, 15) is 14.4 Å². The maximum atomic E-state index is 12.8. The Morgan fingerprint density at radius 1 is 0.302 bits per heavy atom.